The minimum atomic E-state index is -3.33. The maximum absolute atomic E-state index is 12.5. The predicted molar refractivity (Wildman–Crippen MR) is 70.5 cm³/mol. The van der Waals surface area contributed by atoms with Gasteiger partial charge < -0.3 is 5.32 Å². The summed E-state index contributed by atoms with van der Waals surface area (Å²) in [5.74, 6) is 0. The van der Waals surface area contributed by atoms with Crippen LogP contribution in [0.2, 0.25) is 0 Å². The number of sulfone groups is 1. The van der Waals surface area contributed by atoms with E-state index in [1.54, 1.807) is 25.2 Å². The van der Waals surface area contributed by atoms with Crippen LogP contribution in [0.5, 0.6) is 0 Å². The number of hydrogen-bond donors (Lipinski definition) is 1. The van der Waals surface area contributed by atoms with Gasteiger partial charge in [0.05, 0.1) is 21.2 Å². The highest BCUT2D eigenvalue weighted by atomic mass is 35.5. The topological polar surface area (TPSA) is 46.2 Å². The summed E-state index contributed by atoms with van der Waals surface area (Å²) in [6, 6.07) is 6.97. The second-order valence-electron chi connectivity index (χ2n) is 4.28. The second-order valence-corrected chi connectivity index (χ2v) is 6.97. The number of rotatable bonds is 3. The number of hydrogen-bond acceptors (Lipinski definition) is 3. The quantitative estimate of drug-likeness (QED) is 0.862. The van der Waals surface area contributed by atoms with E-state index in [1.807, 2.05) is 6.07 Å². The highest BCUT2D eigenvalue weighted by Gasteiger charge is 2.38. The van der Waals surface area contributed by atoms with E-state index < -0.39 is 15.1 Å². The van der Waals surface area contributed by atoms with Crippen LogP contribution in [0.15, 0.2) is 29.2 Å². The van der Waals surface area contributed by atoms with Gasteiger partial charge in [-0.05, 0) is 25.0 Å². The average molecular weight is 274 g/mol. The van der Waals surface area contributed by atoms with Crippen molar-refractivity contribution in [1.29, 1.82) is 0 Å². The molecule has 0 aromatic heterocycles. The van der Waals surface area contributed by atoms with Crippen molar-refractivity contribution in [3.8, 4) is 0 Å². The van der Waals surface area contributed by atoms with Crippen LogP contribution in [-0.2, 0) is 9.84 Å². The number of alkyl halides is 1. The van der Waals surface area contributed by atoms with Crippen molar-refractivity contribution in [2.75, 3.05) is 12.4 Å². The Balaban J connectivity index is 2.44. The third-order valence-corrected chi connectivity index (χ3v) is 6.24. The Hall–Kier alpha value is -0.740. The van der Waals surface area contributed by atoms with Crippen molar-refractivity contribution in [2.24, 2.45) is 0 Å². The first-order valence-corrected chi connectivity index (χ1v) is 7.70. The van der Waals surface area contributed by atoms with E-state index in [0.717, 1.165) is 12.8 Å². The SMILES string of the molecule is CNc1ccccc1S(=O)(=O)C1CCCC1Cl. The molecule has 0 radical (unpaired) electrons. The van der Waals surface area contributed by atoms with Crippen molar-refractivity contribution in [1.82, 2.24) is 0 Å². The third-order valence-electron chi connectivity index (χ3n) is 3.23. The first-order chi connectivity index (χ1) is 8.07. The molecule has 2 rings (SSSR count). The fourth-order valence-corrected chi connectivity index (χ4v) is 5.07. The molecule has 17 heavy (non-hydrogen) atoms. The standard InChI is InChI=1S/C12H16ClNO2S/c1-14-10-6-2-3-7-12(10)17(15,16)11-8-4-5-9(11)13/h2-3,6-7,9,11,14H,4-5,8H2,1H3. The number of halogens is 1. The summed E-state index contributed by atoms with van der Waals surface area (Å²) >= 11 is 6.11. The van der Waals surface area contributed by atoms with Gasteiger partial charge in [-0.1, -0.05) is 18.6 Å². The minimum absolute atomic E-state index is 0.259. The molecule has 5 heteroatoms. The number of anilines is 1. The van der Waals surface area contributed by atoms with Gasteiger partial charge >= 0.3 is 0 Å². The summed E-state index contributed by atoms with van der Waals surface area (Å²) in [7, 11) is -1.60. The summed E-state index contributed by atoms with van der Waals surface area (Å²) in [5, 5.41) is 2.21. The number of benzene rings is 1. The molecule has 1 aliphatic carbocycles. The Morgan fingerprint density at radius 2 is 2.00 bits per heavy atom. The van der Waals surface area contributed by atoms with E-state index >= 15 is 0 Å². The van der Waals surface area contributed by atoms with Crippen LogP contribution in [0.3, 0.4) is 0 Å². The van der Waals surface area contributed by atoms with E-state index in [0.29, 0.717) is 17.0 Å². The first-order valence-electron chi connectivity index (χ1n) is 5.72. The Labute approximate surface area is 107 Å². The normalized spacial score (nSPS) is 24.8. The van der Waals surface area contributed by atoms with Crippen LogP contribution >= 0.6 is 11.6 Å². The lowest BCUT2D eigenvalue weighted by Gasteiger charge is -2.17. The Kier molecular flexibility index (Phi) is 3.64. The zero-order valence-corrected chi connectivity index (χ0v) is 11.3. The summed E-state index contributed by atoms with van der Waals surface area (Å²) < 4.78 is 25.0. The third kappa shape index (κ3) is 2.29. The molecule has 1 aromatic carbocycles. The molecule has 1 saturated carbocycles. The Bertz CT molecular complexity index is 501. The molecule has 2 unspecified atom stereocenters. The van der Waals surface area contributed by atoms with Crippen LogP contribution in [0.1, 0.15) is 19.3 Å². The number of nitrogens with one attached hydrogen (secondary N) is 1. The molecule has 3 nitrogen and oxygen atoms in total. The number of para-hydroxylation sites is 1. The summed E-state index contributed by atoms with van der Waals surface area (Å²) in [6.07, 6.45) is 2.33. The fourth-order valence-electron chi connectivity index (χ4n) is 2.31. The smallest absolute Gasteiger partial charge is 0.184 e. The molecule has 1 N–H and O–H groups in total. The van der Waals surface area contributed by atoms with Crippen LogP contribution in [-0.4, -0.2) is 26.1 Å². The van der Waals surface area contributed by atoms with Crippen molar-refractivity contribution < 1.29 is 8.42 Å². The zero-order valence-electron chi connectivity index (χ0n) is 9.69. The molecule has 0 heterocycles. The Morgan fingerprint density at radius 1 is 1.29 bits per heavy atom. The molecule has 1 aliphatic rings. The van der Waals surface area contributed by atoms with E-state index in [1.165, 1.54) is 0 Å². The lowest BCUT2D eigenvalue weighted by molar-refractivity contribution is 0.580. The molecule has 0 aliphatic heterocycles. The lowest BCUT2D eigenvalue weighted by Crippen LogP contribution is -2.26. The van der Waals surface area contributed by atoms with Crippen LogP contribution in [0.4, 0.5) is 5.69 Å². The van der Waals surface area contributed by atoms with Gasteiger partial charge in [-0.15, -0.1) is 11.6 Å². The highest BCUT2D eigenvalue weighted by Crippen LogP contribution is 2.35. The summed E-state index contributed by atoms with van der Waals surface area (Å²) in [5.41, 5.74) is 0.642. The second kappa shape index (κ2) is 4.86. The van der Waals surface area contributed by atoms with E-state index in [-0.39, 0.29) is 5.38 Å². The van der Waals surface area contributed by atoms with E-state index in [4.69, 9.17) is 11.6 Å². The van der Waals surface area contributed by atoms with E-state index in [9.17, 15) is 8.42 Å². The van der Waals surface area contributed by atoms with Crippen LogP contribution in [0.25, 0.3) is 0 Å². The molecule has 0 bridgehead atoms. The van der Waals surface area contributed by atoms with Gasteiger partial charge in [-0.25, -0.2) is 8.42 Å². The molecule has 0 spiro atoms. The first kappa shape index (κ1) is 12.7. The van der Waals surface area contributed by atoms with Gasteiger partial charge in [0.15, 0.2) is 9.84 Å². The maximum atomic E-state index is 12.5. The van der Waals surface area contributed by atoms with Crippen LogP contribution in [0, 0.1) is 0 Å². The van der Waals surface area contributed by atoms with Crippen molar-refractivity contribution in [2.45, 2.75) is 34.8 Å². The Morgan fingerprint density at radius 3 is 2.59 bits per heavy atom. The summed E-state index contributed by atoms with van der Waals surface area (Å²) in [6.45, 7) is 0. The monoisotopic (exact) mass is 273 g/mol. The van der Waals surface area contributed by atoms with Gasteiger partial charge in [0.25, 0.3) is 0 Å². The van der Waals surface area contributed by atoms with Crippen molar-refractivity contribution in [3.63, 3.8) is 0 Å². The zero-order chi connectivity index (χ0) is 12.5. The minimum Gasteiger partial charge on any atom is -0.387 e. The van der Waals surface area contributed by atoms with Gasteiger partial charge in [0, 0.05) is 7.05 Å². The molecule has 1 aromatic rings. The van der Waals surface area contributed by atoms with E-state index in [2.05, 4.69) is 5.32 Å². The molecule has 0 amide bonds. The molecule has 94 valence electrons. The van der Waals surface area contributed by atoms with Crippen molar-refractivity contribution >= 4 is 27.1 Å². The lowest BCUT2D eigenvalue weighted by atomic mass is 10.3. The fraction of sp³-hybridized carbons (Fsp3) is 0.500. The largest absolute Gasteiger partial charge is 0.387 e. The molecule has 1 fully saturated rings. The molecule has 2 atom stereocenters. The average Bonchev–Trinajstić information content (AvgIpc) is 2.76. The van der Waals surface area contributed by atoms with Crippen molar-refractivity contribution in [3.05, 3.63) is 24.3 Å². The van der Waals surface area contributed by atoms with Crippen LogP contribution < -0.4 is 5.32 Å². The van der Waals surface area contributed by atoms with Gasteiger partial charge in [-0.2, -0.15) is 0 Å². The predicted octanol–water partition coefficient (Wildman–Crippen LogP) is 2.66. The molecular weight excluding hydrogens is 258 g/mol. The summed E-state index contributed by atoms with van der Waals surface area (Å²) in [4.78, 5) is 0.361. The van der Waals surface area contributed by atoms with Gasteiger partial charge in [-0.3, -0.25) is 0 Å². The maximum Gasteiger partial charge on any atom is 0.184 e. The van der Waals surface area contributed by atoms with Gasteiger partial charge in [0.1, 0.15) is 0 Å². The highest BCUT2D eigenvalue weighted by molar-refractivity contribution is 7.92. The molecular formula is C12H16ClNO2S. The van der Waals surface area contributed by atoms with Gasteiger partial charge in [0.2, 0.25) is 0 Å². The molecule has 0 saturated heterocycles.